The molecule has 0 saturated heterocycles. The zero-order chi connectivity index (χ0) is 33.2. The molecule has 1 aliphatic rings. The van der Waals surface area contributed by atoms with Crippen LogP contribution in [-0.4, -0.2) is 25.2 Å². The lowest BCUT2D eigenvalue weighted by Gasteiger charge is -2.21. The Morgan fingerprint density at radius 3 is 1.20 bits per heavy atom. The molecule has 0 radical (unpaired) electrons. The number of ether oxygens (including phenoxy) is 2. The molecule has 1 aliphatic carbocycles. The van der Waals surface area contributed by atoms with E-state index in [-0.39, 0.29) is 11.9 Å². The molecule has 0 fully saturated rings. The predicted molar refractivity (Wildman–Crippen MR) is 197 cm³/mol. The molecule has 4 heteroatoms. The third-order valence-electron chi connectivity index (χ3n) is 9.93. The maximum Gasteiger partial charge on any atom is 0.334 e. The van der Waals surface area contributed by atoms with Crippen molar-refractivity contribution in [1.82, 2.24) is 0 Å². The number of hydrogen-bond acceptors (Lipinski definition) is 4. The molecular weight excluding hydrogens is 568 g/mol. The molecular formula is C42H78O4. The van der Waals surface area contributed by atoms with Crippen LogP contribution in [0.15, 0.2) is 11.6 Å². The number of rotatable bonds is 34. The molecule has 1 unspecified atom stereocenters. The first-order valence-electron chi connectivity index (χ1n) is 20.7. The van der Waals surface area contributed by atoms with Crippen molar-refractivity contribution in [3.63, 3.8) is 0 Å². The third-order valence-corrected chi connectivity index (χ3v) is 9.93. The summed E-state index contributed by atoms with van der Waals surface area (Å²) >= 11 is 0. The highest BCUT2D eigenvalue weighted by atomic mass is 16.5. The maximum atomic E-state index is 12.8. The van der Waals surface area contributed by atoms with Crippen molar-refractivity contribution in [1.29, 1.82) is 0 Å². The Bertz CT molecular complexity index is 714. The van der Waals surface area contributed by atoms with Crippen LogP contribution in [-0.2, 0) is 19.1 Å². The fraction of sp³-hybridized carbons (Fsp3) is 0.905. The van der Waals surface area contributed by atoms with E-state index in [1.54, 1.807) is 0 Å². The lowest BCUT2D eigenvalue weighted by Crippen LogP contribution is -2.27. The van der Waals surface area contributed by atoms with Crippen molar-refractivity contribution in [2.75, 3.05) is 13.2 Å². The Labute approximate surface area is 287 Å². The molecule has 0 saturated carbocycles. The first-order valence-corrected chi connectivity index (χ1v) is 20.7. The molecule has 0 aromatic heterocycles. The van der Waals surface area contributed by atoms with E-state index in [4.69, 9.17) is 9.47 Å². The molecule has 1 rings (SSSR count). The van der Waals surface area contributed by atoms with Gasteiger partial charge in [0.1, 0.15) is 0 Å². The Kier molecular flexibility index (Phi) is 31.2. The van der Waals surface area contributed by atoms with E-state index in [0.29, 0.717) is 25.2 Å². The van der Waals surface area contributed by atoms with E-state index in [1.807, 2.05) is 6.08 Å². The van der Waals surface area contributed by atoms with E-state index in [0.717, 1.165) is 38.5 Å². The van der Waals surface area contributed by atoms with Crippen molar-refractivity contribution >= 4 is 11.9 Å². The van der Waals surface area contributed by atoms with Crippen LogP contribution in [0.2, 0.25) is 0 Å². The summed E-state index contributed by atoms with van der Waals surface area (Å²) in [5.41, 5.74) is 0.536. The molecule has 270 valence electrons. The molecule has 0 heterocycles. The van der Waals surface area contributed by atoms with Gasteiger partial charge >= 0.3 is 11.9 Å². The van der Waals surface area contributed by atoms with Gasteiger partial charge < -0.3 is 9.47 Å². The summed E-state index contributed by atoms with van der Waals surface area (Å²) in [6.45, 7) is 5.48. The first kappa shape index (κ1) is 42.7. The van der Waals surface area contributed by atoms with Crippen LogP contribution in [0.3, 0.4) is 0 Å². The zero-order valence-corrected chi connectivity index (χ0v) is 31.0. The Morgan fingerprint density at radius 1 is 0.500 bits per heavy atom. The van der Waals surface area contributed by atoms with Crippen LogP contribution in [0.5, 0.6) is 0 Å². The topological polar surface area (TPSA) is 52.6 Å². The van der Waals surface area contributed by atoms with E-state index in [9.17, 15) is 9.59 Å². The average Bonchev–Trinajstić information content (AvgIpc) is 3.07. The molecule has 1 atom stereocenters. The second-order valence-electron chi connectivity index (χ2n) is 14.3. The fourth-order valence-corrected chi connectivity index (χ4v) is 6.82. The minimum absolute atomic E-state index is 0.236. The third kappa shape index (κ3) is 25.7. The van der Waals surface area contributed by atoms with Gasteiger partial charge in [-0.25, -0.2) is 4.79 Å². The fourth-order valence-electron chi connectivity index (χ4n) is 6.82. The summed E-state index contributed by atoms with van der Waals surface area (Å²) in [6, 6.07) is 0. The smallest absolute Gasteiger partial charge is 0.334 e. The van der Waals surface area contributed by atoms with E-state index in [1.165, 1.54) is 167 Å². The highest BCUT2D eigenvalue weighted by molar-refractivity contribution is 5.95. The summed E-state index contributed by atoms with van der Waals surface area (Å²) < 4.78 is 11.2. The van der Waals surface area contributed by atoms with Gasteiger partial charge in [-0.15, -0.1) is 0 Å². The number of carbonyl (C=O) groups is 2. The summed E-state index contributed by atoms with van der Waals surface area (Å²) in [6.07, 6.45) is 44.0. The van der Waals surface area contributed by atoms with Gasteiger partial charge in [0, 0.05) is 5.57 Å². The first-order chi connectivity index (χ1) is 22.7. The van der Waals surface area contributed by atoms with Gasteiger partial charge in [-0.3, -0.25) is 4.79 Å². The monoisotopic (exact) mass is 647 g/mol. The highest BCUT2D eigenvalue weighted by Gasteiger charge is 2.31. The normalized spacial score (nSPS) is 14.7. The molecule has 0 aromatic carbocycles. The number of hydrogen-bond donors (Lipinski definition) is 0. The lowest BCUT2D eigenvalue weighted by molar-refractivity contribution is -0.151. The Balaban J connectivity index is 1.97. The van der Waals surface area contributed by atoms with Gasteiger partial charge in [0.05, 0.1) is 19.1 Å². The summed E-state index contributed by atoms with van der Waals surface area (Å²) in [4.78, 5) is 25.6. The highest BCUT2D eigenvalue weighted by Crippen LogP contribution is 2.27. The van der Waals surface area contributed by atoms with Gasteiger partial charge in [-0.2, -0.15) is 0 Å². The zero-order valence-electron chi connectivity index (χ0n) is 31.0. The van der Waals surface area contributed by atoms with Crippen LogP contribution in [0.25, 0.3) is 0 Å². The van der Waals surface area contributed by atoms with Crippen LogP contribution in [0.1, 0.15) is 226 Å². The maximum absolute atomic E-state index is 12.8. The SMILES string of the molecule is CCCCCCCCCCCCCCCCCOC(=O)C1=CCCCC1C(=O)OCCCCCCCCCCCCCCCCC. The second kappa shape index (κ2) is 33.6. The molecule has 0 spiro atoms. The molecule has 0 aromatic rings. The van der Waals surface area contributed by atoms with Crippen molar-refractivity contribution in [3.05, 3.63) is 11.6 Å². The van der Waals surface area contributed by atoms with Gasteiger partial charge in [0.2, 0.25) is 0 Å². The van der Waals surface area contributed by atoms with Crippen LogP contribution < -0.4 is 0 Å². The van der Waals surface area contributed by atoms with Crippen molar-refractivity contribution < 1.29 is 19.1 Å². The van der Waals surface area contributed by atoms with Crippen molar-refractivity contribution in [3.8, 4) is 0 Å². The second-order valence-corrected chi connectivity index (χ2v) is 14.3. The van der Waals surface area contributed by atoms with Crippen LogP contribution in [0.4, 0.5) is 0 Å². The molecule has 0 bridgehead atoms. The number of unbranched alkanes of at least 4 members (excludes halogenated alkanes) is 28. The van der Waals surface area contributed by atoms with Crippen molar-refractivity contribution in [2.45, 2.75) is 226 Å². The van der Waals surface area contributed by atoms with Crippen LogP contribution >= 0.6 is 0 Å². The number of esters is 2. The summed E-state index contributed by atoms with van der Waals surface area (Å²) in [7, 11) is 0. The molecule has 0 aliphatic heterocycles. The molecule has 4 nitrogen and oxygen atoms in total. The van der Waals surface area contributed by atoms with Crippen LogP contribution in [0, 0.1) is 5.92 Å². The molecule has 0 N–H and O–H groups in total. The standard InChI is InChI=1S/C42H78O4/c1-3-5-7-9-11-13-15-17-19-21-23-25-27-29-33-37-45-41(43)39-35-31-32-36-40(39)42(44)46-38-34-30-28-26-24-22-20-18-16-14-12-10-8-6-4-2/h35,40H,3-34,36-38H2,1-2H3. The van der Waals surface area contributed by atoms with Gasteiger partial charge in [-0.05, 0) is 32.1 Å². The van der Waals surface area contributed by atoms with Crippen molar-refractivity contribution in [2.24, 2.45) is 5.92 Å². The summed E-state index contributed by atoms with van der Waals surface area (Å²) in [5.74, 6) is -0.988. The average molecular weight is 647 g/mol. The van der Waals surface area contributed by atoms with E-state index < -0.39 is 5.92 Å². The number of allylic oxidation sites excluding steroid dienone is 1. The largest absolute Gasteiger partial charge is 0.465 e. The molecule has 0 amide bonds. The minimum Gasteiger partial charge on any atom is -0.465 e. The van der Waals surface area contributed by atoms with Gasteiger partial charge in [0.15, 0.2) is 0 Å². The van der Waals surface area contributed by atoms with Gasteiger partial charge in [0.25, 0.3) is 0 Å². The van der Waals surface area contributed by atoms with E-state index in [2.05, 4.69) is 13.8 Å². The van der Waals surface area contributed by atoms with E-state index >= 15 is 0 Å². The van der Waals surface area contributed by atoms with Gasteiger partial charge in [-0.1, -0.05) is 200 Å². The Hall–Kier alpha value is -1.32. The number of carbonyl (C=O) groups excluding carboxylic acids is 2. The Morgan fingerprint density at radius 2 is 0.826 bits per heavy atom. The predicted octanol–water partition coefficient (Wildman–Crippen LogP) is 13.5. The summed E-state index contributed by atoms with van der Waals surface area (Å²) in [5, 5.41) is 0. The lowest BCUT2D eigenvalue weighted by atomic mass is 9.87. The quantitative estimate of drug-likeness (QED) is 0.0515. The molecule has 46 heavy (non-hydrogen) atoms. The minimum atomic E-state index is -0.446.